The molecule has 602 valence electrons. The molecule has 0 bridgehead atoms. The lowest BCUT2D eigenvalue weighted by Crippen LogP contribution is -2.33. The van der Waals surface area contributed by atoms with E-state index in [1.807, 2.05) is 13.8 Å². The van der Waals surface area contributed by atoms with Gasteiger partial charge in [0, 0.05) is 82.4 Å². The van der Waals surface area contributed by atoms with Gasteiger partial charge in [-0.05, 0) is 138 Å². The van der Waals surface area contributed by atoms with Gasteiger partial charge in [0.1, 0.15) is 59.4 Å². The standard InChI is InChI=1S/C21H26N2O4.C19H25N3O2.C19H24N2O3.C15H18N2O3.C13H16N2O3/c1-4-6-11-17(24)12-9-7-8-10-16-14-23(21(26)22-20(16)25)19-13-15(3)18(5-2)27-19;1-4-6-7-8-9-10-11-15-13-22(19(23)21-18(15)20)17-12-14(3)16(5-2)24-17;1-4-6-7-8-9-10-11-15-13-21(19(23)20-18(15)22)17-12-14(3)16(5-2)24-17;1-4-6-7-11-9-17(15(19)16-14(11)18)13-8-10(3)12(5-2)20-13;1-4-9-7-15(13(17)14-12(9)16)11-6-8(3)10(5-2)18-11/h1,14-15,18-19H,5-7,9,11-13H2,2-3H3,(H,22,25,26);1,13-14,16-17H,5-9,12H2,2-3H3,(H2,20,21,23);1,13-14,16-17H,5-9,12H2,2-3H3,(H,20,22,23);1,6-7,9-10,12-13H,5,8H2,2-3H3,(H,16,18,19);1,7-8,10-11H,5-6H2,2-3H3,(H,14,16,17)/b;;;7-6+;/t15?,18-,19-;2*14?,16-,17-;10?,12-,13-;8?,10-,11-/m11111/s1. The van der Waals surface area contributed by atoms with Crippen molar-refractivity contribution in [2.45, 2.75) is 279 Å². The van der Waals surface area contributed by atoms with Crippen molar-refractivity contribution in [3.8, 4) is 97.2 Å². The predicted molar refractivity (Wildman–Crippen MR) is 436 cm³/mol. The van der Waals surface area contributed by atoms with E-state index >= 15 is 0 Å². The van der Waals surface area contributed by atoms with Gasteiger partial charge < -0.3 is 29.4 Å². The quantitative estimate of drug-likeness (QED) is 0.0318. The SMILES string of the molecule is C#C/C=C/c1cn([C@H]2CC(C)[C@@H](CC)O2)c(=O)[nH]c1=O.C#CCCC(=O)CCCC#Cc1cn([C@H]2CC(C)[C@@H](CC)O2)c(=O)[nH]c1=O.C#CCCCCC#Cc1cn([C@H]2CC(C)[C@@H](CC)O2)c(=O)[nH]c1=O.C#CCCCCC#Cc1cn([C@H]2CC(C)[C@@H](CC)O2)c(=O)nc1N.C#Cc1cn([C@H]2CC(C)[C@@H](CC)O2)c(=O)[nH]c1=O. The molecule has 0 saturated carbocycles. The van der Waals surface area contributed by atoms with Crippen molar-refractivity contribution >= 4 is 17.7 Å². The summed E-state index contributed by atoms with van der Waals surface area (Å²) in [4.78, 5) is 132. The average molecular weight is 1550 g/mol. The van der Waals surface area contributed by atoms with Crippen LogP contribution in [-0.4, -0.2) is 84.1 Å². The zero-order valence-electron chi connectivity index (χ0n) is 66.7. The van der Waals surface area contributed by atoms with E-state index in [9.17, 15) is 47.9 Å². The second-order valence-corrected chi connectivity index (χ2v) is 28.8. The summed E-state index contributed by atoms with van der Waals surface area (Å²) in [6.07, 6.45) is 52.7. The number of H-pyrrole nitrogens is 4. The minimum atomic E-state index is -0.531. The number of nitrogen functional groups attached to an aromatic ring is 1. The maximum Gasteiger partial charge on any atom is 0.351 e. The summed E-state index contributed by atoms with van der Waals surface area (Å²) in [5.41, 5.74) is 3.22. The van der Waals surface area contributed by atoms with E-state index in [0.717, 1.165) is 109 Å². The molecule has 5 fully saturated rings. The summed E-state index contributed by atoms with van der Waals surface area (Å²) in [5.74, 6) is 32.0. The Morgan fingerprint density at radius 3 is 1.11 bits per heavy atom. The molecule has 26 nitrogen and oxygen atoms in total. The van der Waals surface area contributed by atoms with Gasteiger partial charge in [0.25, 0.3) is 22.2 Å². The summed E-state index contributed by atoms with van der Waals surface area (Å²) in [6, 6.07) is 0. The molecule has 5 aromatic heterocycles. The van der Waals surface area contributed by atoms with Crippen molar-refractivity contribution in [1.29, 1.82) is 0 Å². The number of anilines is 1. The first-order valence-electron chi connectivity index (χ1n) is 39.2. The molecule has 10 rings (SSSR count). The fourth-order valence-electron chi connectivity index (χ4n) is 13.9. The number of rotatable bonds is 22. The highest BCUT2D eigenvalue weighted by Crippen LogP contribution is 2.38. The van der Waals surface area contributed by atoms with Crippen LogP contribution in [0.5, 0.6) is 0 Å². The molecule has 0 amide bonds. The van der Waals surface area contributed by atoms with Crippen molar-refractivity contribution in [3.05, 3.63) is 159 Å². The molecule has 5 aromatic rings. The van der Waals surface area contributed by atoms with Crippen molar-refractivity contribution in [2.75, 3.05) is 5.73 Å². The Morgan fingerprint density at radius 1 is 0.434 bits per heavy atom. The van der Waals surface area contributed by atoms with Gasteiger partial charge in [-0.3, -0.25) is 66.7 Å². The molecule has 5 aliphatic heterocycles. The molecule has 0 radical (unpaired) electrons. The number of carbonyl (C=O) groups is 1. The Labute approximate surface area is 660 Å². The molecule has 26 heteroatoms. The summed E-state index contributed by atoms with van der Waals surface area (Å²) in [5, 5.41) is 0. The molecular weight excluding hydrogens is 1440 g/mol. The summed E-state index contributed by atoms with van der Waals surface area (Å²) >= 11 is 0. The van der Waals surface area contributed by atoms with Crippen LogP contribution < -0.4 is 56.4 Å². The lowest BCUT2D eigenvalue weighted by atomic mass is 10.0. The van der Waals surface area contributed by atoms with Crippen LogP contribution in [0, 0.1) is 127 Å². The highest BCUT2D eigenvalue weighted by Gasteiger charge is 2.37. The van der Waals surface area contributed by atoms with Gasteiger partial charge in [-0.1, -0.05) is 117 Å². The number of allylic oxidation sites excluding steroid dienone is 1. The fourth-order valence-corrected chi connectivity index (χ4v) is 13.9. The fraction of sp³-hybridized carbons (Fsp3) is 0.552. The average Bonchev–Trinajstić information content (AvgIpc) is 1.72. The Balaban J connectivity index is 0.000000221. The van der Waals surface area contributed by atoms with E-state index in [4.69, 9.17) is 61.5 Å². The molecule has 5 aliphatic rings. The smallest absolute Gasteiger partial charge is 0.351 e. The molecule has 0 aliphatic carbocycles. The Morgan fingerprint density at radius 2 is 0.752 bits per heavy atom. The second kappa shape index (κ2) is 46.2. The topological polar surface area (TPSA) is 344 Å². The lowest BCUT2D eigenvalue weighted by molar-refractivity contribution is -0.119. The number of terminal acetylenes is 5. The van der Waals surface area contributed by atoms with Gasteiger partial charge in [0.2, 0.25) is 0 Å². The first kappa shape index (κ1) is 91.0. The van der Waals surface area contributed by atoms with Crippen LogP contribution in [0.1, 0.15) is 276 Å². The Hall–Kier alpha value is -10.9. The lowest BCUT2D eigenvalue weighted by Gasteiger charge is -2.15. The molecule has 0 aromatic carbocycles. The first-order chi connectivity index (χ1) is 54.2. The number of aromatic nitrogens is 10. The maximum absolute atomic E-state index is 12.2. The van der Waals surface area contributed by atoms with Crippen LogP contribution in [-0.2, 0) is 28.5 Å². The van der Waals surface area contributed by atoms with Gasteiger partial charge in [0.15, 0.2) is 0 Å². The number of Topliss-reactive ketones (excluding diaryl/α,β-unsaturated/α-hetero) is 1. The summed E-state index contributed by atoms with van der Waals surface area (Å²) < 4.78 is 36.7. The van der Waals surface area contributed by atoms with Crippen molar-refractivity contribution < 1.29 is 28.5 Å². The van der Waals surface area contributed by atoms with E-state index in [0.29, 0.717) is 84.8 Å². The zero-order valence-corrected chi connectivity index (χ0v) is 66.7. The number of nitrogens with two attached hydrogens (primary N) is 1. The maximum atomic E-state index is 12.2. The van der Waals surface area contributed by atoms with E-state index < -0.39 is 45.0 Å². The van der Waals surface area contributed by atoms with Gasteiger partial charge >= 0.3 is 28.4 Å². The third-order valence-electron chi connectivity index (χ3n) is 20.4. The Bertz CT molecular complexity index is 5090. The third kappa shape index (κ3) is 26.6. The van der Waals surface area contributed by atoms with Crippen molar-refractivity contribution in [2.24, 2.45) is 29.6 Å². The molecule has 0 spiro atoms. The molecular formula is C87H109N11O15. The van der Waals surface area contributed by atoms with E-state index in [1.165, 1.54) is 59.8 Å². The van der Waals surface area contributed by atoms with Gasteiger partial charge in [-0.15, -0.1) is 49.9 Å². The van der Waals surface area contributed by atoms with Gasteiger partial charge in [-0.25, -0.2) is 24.0 Å². The zero-order chi connectivity index (χ0) is 82.8. The van der Waals surface area contributed by atoms with Crippen molar-refractivity contribution in [3.63, 3.8) is 0 Å². The van der Waals surface area contributed by atoms with E-state index in [-0.39, 0.29) is 90.1 Å². The normalized spacial score (nSPS) is 23.6. The number of nitrogens with zero attached hydrogens (tertiary/aromatic N) is 6. The highest BCUT2D eigenvalue weighted by atomic mass is 16.5. The number of nitrogens with one attached hydrogen (secondary N) is 4. The number of unbranched alkanes of at least 4 members (excludes halogenated alkanes) is 7. The molecule has 113 heavy (non-hydrogen) atoms. The monoisotopic (exact) mass is 1550 g/mol. The van der Waals surface area contributed by atoms with Crippen molar-refractivity contribution in [1.82, 2.24) is 47.8 Å². The highest BCUT2D eigenvalue weighted by molar-refractivity contribution is 5.78. The number of hydrogen-bond acceptors (Lipinski definition) is 17. The van der Waals surface area contributed by atoms with Crippen LogP contribution in [0.25, 0.3) is 6.08 Å². The van der Waals surface area contributed by atoms with E-state index in [2.05, 4.69) is 145 Å². The molecule has 15 atom stereocenters. The van der Waals surface area contributed by atoms with Crippen LogP contribution in [0.15, 0.2) is 80.2 Å². The van der Waals surface area contributed by atoms with Crippen LogP contribution in [0.4, 0.5) is 5.82 Å². The second-order valence-electron chi connectivity index (χ2n) is 28.8. The molecule has 5 unspecified atom stereocenters. The summed E-state index contributed by atoms with van der Waals surface area (Å²) in [7, 11) is 0. The number of ether oxygens (including phenoxy) is 5. The van der Waals surface area contributed by atoms with Crippen LogP contribution in [0.3, 0.4) is 0 Å². The molecule has 6 N–H and O–H groups in total. The predicted octanol–water partition coefficient (Wildman–Crippen LogP) is 9.86. The minimum Gasteiger partial charge on any atom is -0.382 e. The third-order valence-corrected chi connectivity index (χ3v) is 20.4. The van der Waals surface area contributed by atoms with Crippen LogP contribution in [0.2, 0.25) is 0 Å². The molecule has 10 heterocycles. The molecule has 5 saturated heterocycles. The Kier molecular flexibility index (Phi) is 37.2. The van der Waals surface area contributed by atoms with Gasteiger partial charge in [-0.2, -0.15) is 4.98 Å². The van der Waals surface area contributed by atoms with E-state index in [1.54, 1.807) is 6.20 Å². The first-order valence-corrected chi connectivity index (χ1v) is 39.2. The number of carbonyl (C=O) groups excluding carboxylic acids is 1. The minimum absolute atomic E-state index is 0.107. The van der Waals surface area contributed by atoms with Crippen LogP contribution >= 0.6 is 0 Å². The number of hydrogen-bond donors (Lipinski definition) is 5. The number of aromatic amines is 4. The summed E-state index contributed by atoms with van der Waals surface area (Å²) in [6.45, 7) is 20.8. The number of ketones is 1. The van der Waals surface area contributed by atoms with Gasteiger partial charge in [0.05, 0.1) is 41.6 Å². The largest absolute Gasteiger partial charge is 0.382 e.